The molecular weight excluding hydrogens is 272 g/mol. The summed E-state index contributed by atoms with van der Waals surface area (Å²) in [6, 6.07) is 6.61. The molecule has 1 heterocycles. The van der Waals surface area contributed by atoms with Gasteiger partial charge in [-0.1, -0.05) is 39.0 Å². The molecule has 0 aromatic heterocycles. The van der Waals surface area contributed by atoms with Gasteiger partial charge in [0, 0.05) is 11.0 Å². The summed E-state index contributed by atoms with van der Waals surface area (Å²) >= 11 is 0. The van der Waals surface area contributed by atoms with Crippen molar-refractivity contribution >= 4 is 23.5 Å². The van der Waals surface area contributed by atoms with Crippen LogP contribution >= 0.6 is 0 Å². The third-order valence-corrected chi connectivity index (χ3v) is 3.11. The molecule has 0 unspecified atom stereocenters. The molecule has 0 fully saturated rings. The topological polar surface area (TPSA) is 69.7 Å². The lowest BCUT2D eigenvalue weighted by molar-refractivity contribution is -0.139. The largest absolute Gasteiger partial charge is 0.465 e. The molecular formula is C16H16O5. The van der Waals surface area contributed by atoms with E-state index in [1.54, 1.807) is 45.0 Å². The number of methoxy groups -OCH3 is 1. The van der Waals surface area contributed by atoms with Crippen molar-refractivity contribution in [2.45, 2.75) is 20.8 Å². The number of Topliss-reactive ketones (excluding diaryl/α,β-unsaturated/α-hetero) is 1. The second-order valence-electron chi connectivity index (χ2n) is 5.71. The van der Waals surface area contributed by atoms with E-state index in [9.17, 15) is 14.4 Å². The molecule has 5 nitrogen and oxygen atoms in total. The van der Waals surface area contributed by atoms with Gasteiger partial charge in [0.05, 0.1) is 12.7 Å². The number of rotatable bonds is 2. The Morgan fingerprint density at radius 3 is 2.19 bits per heavy atom. The molecule has 0 N–H and O–H groups in total. The van der Waals surface area contributed by atoms with Gasteiger partial charge in [0.2, 0.25) is 0 Å². The van der Waals surface area contributed by atoms with Crippen LogP contribution in [0.5, 0.6) is 0 Å². The molecule has 0 atom stereocenters. The van der Waals surface area contributed by atoms with E-state index in [-0.39, 0.29) is 11.3 Å². The summed E-state index contributed by atoms with van der Waals surface area (Å²) in [6.45, 7) is 5.05. The monoisotopic (exact) mass is 288 g/mol. The lowest BCUT2D eigenvalue weighted by Crippen LogP contribution is -2.28. The van der Waals surface area contributed by atoms with Crippen LogP contribution in [-0.2, 0) is 19.1 Å². The van der Waals surface area contributed by atoms with Crippen molar-refractivity contribution in [3.63, 3.8) is 0 Å². The van der Waals surface area contributed by atoms with Crippen LogP contribution in [0.15, 0.2) is 29.8 Å². The molecule has 0 radical (unpaired) electrons. The molecule has 21 heavy (non-hydrogen) atoms. The van der Waals surface area contributed by atoms with E-state index in [1.165, 1.54) is 7.11 Å². The van der Waals surface area contributed by atoms with Crippen molar-refractivity contribution in [3.05, 3.63) is 41.0 Å². The van der Waals surface area contributed by atoms with Crippen molar-refractivity contribution < 1.29 is 23.9 Å². The fourth-order valence-corrected chi connectivity index (χ4v) is 2.01. The maximum absolute atomic E-state index is 12.5. The van der Waals surface area contributed by atoms with Gasteiger partial charge in [-0.25, -0.2) is 9.59 Å². The molecule has 2 rings (SSSR count). The number of cyclic esters (lactones) is 1. The third-order valence-electron chi connectivity index (χ3n) is 3.11. The van der Waals surface area contributed by atoms with Gasteiger partial charge in [0.1, 0.15) is 5.57 Å². The number of hydrogen-bond donors (Lipinski definition) is 0. The Balaban J connectivity index is 2.70. The van der Waals surface area contributed by atoms with Crippen molar-refractivity contribution in [2.75, 3.05) is 7.11 Å². The van der Waals surface area contributed by atoms with Crippen LogP contribution in [0.1, 0.15) is 36.7 Å². The Bertz CT molecular complexity index is 661. The standard InChI is InChI=1S/C16H16O5/c1-16(2,3)13(17)11(15(19)20-4)12-9-7-5-6-8-10(9)14(18)21-12/h5-8H,1-4H3/b12-11+. The van der Waals surface area contributed by atoms with E-state index >= 15 is 0 Å². The maximum Gasteiger partial charge on any atom is 0.345 e. The summed E-state index contributed by atoms with van der Waals surface area (Å²) in [7, 11) is 1.18. The summed E-state index contributed by atoms with van der Waals surface area (Å²) in [5, 5.41) is 0. The first kappa shape index (κ1) is 15.0. The second-order valence-corrected chi connectivity index (χ2v) is 5.71. The van der Waals surface area contributed by atoms with Crippen LogP contribution in [0.2, 0.25) is 0 Å². The summed E-state index contributed by atoms with van der Waals surface area (Å²) in [5.41, 5.74) is -0.278. The first-order chi connectivity index (χ1) is 9.77. The molecule has 0 saturated carbocycles. The van der Waals surface area contributed by atoms with Crippen molar-refractivity contribution in [1.29, 1.82) is 0 Å². The molecule has 5 heteroatoms. The van der Waals surface area contributed by atoms with Gasteiger partial charge in [0.25, 0.3) is 0 Å². The predicted molar refractivity (Wildman–Crippen MR) is 75.3 cm³/mol. The first-order valence-corrected chi connectivity index (χ1v) is 6.46. The van der Waals surface area contributed by atoms with E-state index in [1.807, 2.05) is 0 Å². The van der Waals surface area contributed by atoms with Gasteiger partial charge < -0.3 is 9.47 Å². The molecule has 0 aliphatic carbocycles. The molecule has 1 aliphatic heterocycles. The van der Waals surface area contributed by atoms with Crippen LogP contribution in [0.3, 0.4) is 0 Å². The van der Waals surface area contributed by atoms with Gasteiger partial charge >= 0.3 is 11.9 Å². The zero-order valence-electron chi connectivity index (χ0n) is 12.4. The highest BCUT2D eigenvalue weighted by Crippen LogP contribution is 2.35. The molecule has 0 saturated heterocycles. The number of carbonyl (C=O) groups is 3. The Hall–Kier alpha value is -2.43. The van der Waals surface area contributed by atoms with Crippen molar-refractivity contribution in [1.82, 2.24) is 0 Å². The molecule has 0 amide bonds. The molecule has 110 valence electrons. The smallest absolute Gasteiger partial charge is 0.345 e. The van der Waals surface area contributed by atoms with Gasteiger partial charge in [0.15, 0.2) is 11.5 Å². The minimum atomic E-state index is -0.811. The maximum atomic E-state index is 12.5. The number of esters is 2. The number of ketones is 1. The molecule has 0 spiro atoms. The van der Waals surface area contributed by atoms with Crippen molar-refractivity contribution in [2.24, 2.45) is 5.41 Å². The summed E-state index contributed by atoms with van der Waals surface area (Å²) in [5.74, 6) is -1.85. The first-order valence-electron chi connectivity index (χ1n) is 6.46. The molecule has 1 aliphatic rings. The highest BCUT2D eigenvalue weighted by Gasteiger charge is 2.38. The summed E-state index contributed by atoms with van der Waals surface area (Å²) < 4.78 is 9.83. The molecule has 0 bridgehead atoms. The zero-order chi connectivity index (χ0) is 15.8. The predicted octanol–water partition coefficient (Wildman–Crippen LogP) is 2.36. The van der Waals surface area contributed by atoms with Crippen LogP contribution in [-0.4, -0.2) is 24.8 Å². The van der Waals surface area contributed by atoms with Crippen LogP contribution in [0, 0.1) is 5.41 Å². The van der Waals surface area contributed by atoms with E-state index in [0.717, 1.165) is 0 Å². The van der Waals surface area contributed by atoms with E-state index in [4.69, 9.17) is 4.74 Å². The quantitative estimate of drug-likeness (QED) is 0.361. The lowest BCUT2D eigenvalue weighted by atomic mass is 9.85. The summed E-state index contributed by atoms with van der Waals surface area (Å²) in [4.78, 5) is 36.4. The van der Waals surface area contributed by atoms with Crippen LogP contribution in [0.25, 0.3) is 5.76 Å². The van der Waals surface area contributed by atoms with Gasteiger partial charge in [-0.15, -0.1) is 0 Å². The highest BCUT2D eigenvalue weighted by molar-refractivity contribution is 6.25. The number of hydrogen-bond acceptors (Lipinski definition) is 5. The Morgan fingerprint density at radius 2 is 1.67 bits per heavy atom. The number of benzene rings is 1. The average molecular weight is 288 g/mol. The van der Waals surface area contributed by atoms with E-state index in [2.05, 4.69) is 4.74 Å². The zero-order valence-corrected chi connectivity index (χ0v) is 12.4. The fourth-order valence-electron chi connectivity index (χ4n) is 2.01. The fraction of sp³-hybridized carbons (Fsp3) is 0.312. The van der Waals surface area contributed by atoms with Crippen LogP contribution in [0.4, 0.5) is 0 Å². The number of carbonyl (C=O) groups excluding carboxylic acids is 3. The van der Waals surface area contributed by atoms with E-state index < -0.39 is 23.1 Å². The number of ether oxygens (including phenoxy) is 2. The lowest BCUT2D eigenvalue weighted by Gasteiger charge is -2.18. The Kier molecular flexibility index (Phi) is 3.68. The van der Waals surface area contributed by atoms with Gasteiger partial charge in [-0.05, 0) is 6.07 Å². The minimum Gasteiger partial charge on any atom is -0.465 e. The SMILES string of the molecule is COC(=O)/C(C(=O)C(C)(C)C)=C1/OC(=O)c2ccccc21. The van der Waals surface area contributed by atoms with Gasteiger partial charge in [-0.3, -0.25) is 4.79 Å². The second kappa shape index (κ2) is 5.16. The van der Waals surface area contributed by atoms with Gasteiger partial charge in [-0.2, -0.15) is 0 Å². The third kappa shape index (κ3) is 2.59. The van der Waals surface area contributed by atoms with Crippen LogP contribution < -0.4 is 0 Å². The highest BCUT2D eigenvalue weighted by atomic mass is 16.5. The summed E-state index contributed by atoms with van der Waals surface area (Å²) in [6.07, 6.45) is 0. The molecule has 1 aromatic carbocycles. The minimum absolute atomic E-state index is 0.0256. The molecule has 1 aromatic rings. The Morgan fingerprint density at radius 1 is 1.10 bits per heavy atom. The Labute approximate surface area is 122 Å². The number of fused-ring (bicyclic) bond motifs is 1. The van der Waals surface area contributed by atoms with E-state index in [0.29, 0.717) is 11.1 Å². The normalized spacial score (nSPS) is 16.1. The average Bonchev–Trinajstić information content (AvgIpc) is 2.76. The van der Waals surface area contributed by atoms with Crippen molar-refractivity contribution in [3.8, 4) is 0 Å².